The summed E-state index contributed by atoms with van der Waals surface area (Å²) in [6.45, 7) is 8.73. The molecule has 1 atom stereocenters. The zero-order valence-corrected chi connectivity index (χ0v) is 31.9. The molecule has 1 aliphatic heterocycles. The molecular weight excluding hydrogens is 865 g/mol. The minimum absolute atomic E-state index is 0.0229. The maximum Gasteiger partial charge on any atom is 0.416 e. The van der Waals surface area contributed by atoms with Gasteiger partial charge in [0.2, 0.25) is 0 Å². The van der Waals surface area contributed by atoms with E-state index in [4.69, 9.17) is 56.4 Å². The molecule has 1 unspecified atom stereocenters. The maximum atomic E-state index is 13.6. The smallest absolute Gasteiger partial charge is 0.411 e. The van der Waals surface area contributed by atoms with Crippen LogP contribution in [0, 0.1) is 25.5 Å². The first-order valence-electron chi connectivity index (χ1n) is 13.8. The predicted octanol–water partition coefficient (Wildman–Crippen LogP) is 13.5. The van der Waals surface area contributed by atoms with Crippen LogP contribution in [0.5, 0.6) is 0 Å². The van der Waals surface area contributed by atoms with Crippen LogP contribution in [0.25, 0.3) is 5.57 Å². The quantitative estimate of drug-likeness (QED) is 0.0730. The summed E-state index contributed by atoms with van der Waals surface area (Å²) in [6.07, 6.45) is -2.64. The van der Waals surface area contributed by atoms with Crippen molar-refractivity contribution in [2.45, 2.75) is 39.0 Å². The summed E-state index contributed by atoms with van der Waals surface area (Å²) in [5.41, 5.74) is 3.47. The lowest BCUT2D eigenvalue weighted by Gasteiger charge is -2.22. The van der Waals surface area contributed by atoms with Gasteiger partial charge in [-0.15, -0.1) is 0 Å². The Morgan fingerprint density at radius 2 is 1.37 bits per heavy atom. The second-order valence-corrected chi connectivity index (χ2v) is 14.1. The number of benzene rings is 4. The highest BCUT2D eigenvalue weighted by atomic mass is 79.9. The van der Waals surface area contributed by atoms with Crippen molar-refractivity contribution in [1.29, 1.82) is 0 Å². The second-order valence-electron chi connectivity index (χ2n) is 10.7. The van der Waals surface area contributed by atoms with Crippen LogP contribution in [0.2, 0.25) is 20.1 Å². The number of halogens is 11. The molecule has 1 heterocycles. The number of nitrogens with zero attached hydrogens (tertiary/aromatic N) is 2. The number of hydrogen-bond acceptors (Lipinski definition) is 4. The van der Waals surface area contributed by atoms with E-state index in [1.807, 2.05) is 57.2 Å². The molecule has 15 heteroatoms. The van der Waals surface area contributed by atoms with Crippen LogP contribution in [0.1, 0.15) is 46.7 Å². The Balaban J connectivity index is 0.000000216. The first kappa shape index (κ1) is 40.8. The molecule has 4 aromatic rings. The zero-order valence-electron chi connectivity index (χ0n) is 25.7. The van der Waals surface area contributed by atoms with E-state index in [9.17, 15) is 22.0 Å². The van der Waals surface area contributed by atoms with Gasteiger partial charge in [-0.05, 0) is 97.1 Å². The van der Waals surface area contributed by atoms with Gasteiger partial charge in [0.15, 0.2) is 17.2 Å². The Kier molecular flexibility index (Phi) is 14.2. The molecule has 5 rings (SSSR count). The molecule has 49 heavy (non-hydrogen) atoms. The fraction of sp³-hybridized carbons (Fsp3) is 0.176. The molecular formula is C34H25Br2Cl4F5N2O2. The van der Waals surface area contributed by atoms with Gasteiger partial charge in [-0.25, -0.2) is 8.78 Å². The average Bonchev–Trinajstić information content (AvgIpc) is 3.44. The first-order valence-corrected chi connectivity index (χ1v) is 16.9. The van der Waals surface area contributed by atoms with Gasteiger partial charge in [0, 0.05) is 20.9 Å². The molecule has 0 amide bonds. The molecule has 260 valence electrons. The fourth-order valence-corrected chi connectivity index (χ4v) is 5.71. The number of aryl methyl sites for hydroxylation is 2. The lowest BCUT2D eigenvalue weighted by molar-refractivity contribution is -0.0686. The molecule has 0 saturated heterocycles. The van der Waals surface area contributed by atoms with Crippen molar-refractivity contribution < 1.29 is 32.0 Å². The average molecular weight is 890 g/mol. The van der Waals surface area contributed by atoms with Crippen molar-refractivity contribution in [3.63, 3.8) is 0 Å². The molecule has 0 spiro atoms. The van der Waals surface area contributed by atoms with Crippen molar-refractivity contribution in [2.75, 3.05) is 0 Å². The third-order valence-corrected chi connectivity index (χ3v) is 9.89. The van der Waals surface area contributed by atoms with Gasteiger partial charge in [0.1, 0.15) is 0 Å². The van der Waals surface area contributed by atoms with E-state index >= 15 is 0 Å². The van der Waals surface area contributed by atoms with E-state index in [0.717, 1.165) is 49.0 Å². The molecule has 0 aliphatic carbocycles. The van der Waals surface area contributed by atoms with Gasteiger partial charge in [-0.2, -0.15) is 13.2 Å². The van der Waals surface area contributed by atoms with E-state index in [2.05, 4.69) is 48.8 Å². The Labute approximate surface area is 316 Å². The van der Waals surface area contributed by atoms with Crippen LogP contribution in [0.3, 0.4) is 0 Å². The summed E-state index contributed by atoms with van der Waals surface area (Å²) in [6, 6.07) is 16.5. The Hall–Kier alpha value is -2.67. The van der Waals surface area contributed by atoms with Crippen LogP contribution in [0.15, 0.2) is 86.5 Å². The number of rotatable bonds is 4. The standard InChI is InChI=1S/C17H13BrCl2FNO.C9H4Cl2F4.C8H8BrNO/c1-9-5-10(3-4-12(9)18)15-8-17(2,23-22-15)11-6-13(19)16(21)14(20)7-11;1-4(9(13,14)15)5-2-6(10)8(12)7(11)3-5;1-6-4-7(5-10-11)2-3-8(6)9/h3-7H,8H2,1-2H3;2-3H,1H2;2-5,11H,1H3/b;;10-5+. The lowest BCUT2D eigenvalue weighted by Crippen LogP contribution is -2.22. The zero-order chi connectivity index (χ0) is 36.8. The van der Waals surface area contributed by atoms with Crippen LogP contribution in [0.4, 0.5) is 22.0 Å². The van der Waals surface area contributed by atoms with Crippen LogP contribution in [-0.2, 0) is 10.4 Å². The maximum absolute atomic E-state index is 13.6. The monoisotopic (exact) mass is 886 g/mol. The summed E-state index contributed by atoms with van der Waals surface area (Å²) in [5, 5.41) is 14.4. The van der Waals surface area contributed by atoms with Gasteiger partial charge in [0.25, 0.3) is 0 Å². The largest absolute Gasteiger partial charge is 0.416 e. The minimum atomic E-state index is -4.59. The molecule has 0 saturated carbocycles. The van der Waals surface area contributed by atoms with Crippen molar-refractivity contribution >= 4 is 95.8 Å². The third kappa shape index (κ3) is 10.7. The van der Waals surface area contributed by atoms with Gasteiger partial charge < -0.3 is 10.0 Å². The first-order chi connectivity index (χ1) is 22.8. The van der Waals surface area contributed by atoms with Gasteiger partial charge in [-0.3, -0.25) is 0 Å². The van der Waals surface area contributed by atoms with Gasteiger partial charge >= 0.3 is 6.18 Å². The number of hydrogen-bond donors (Lipinski definition) is 1. The molecule has 0 aromatic heterocycles. The van der Waals surface area contributed by atoms with Crippen molar-refractivity contribution in [3.8, 4) is 0 Å². The van der Waals surface area contributed by atoms with Gasteiger partial charge in [0.05, 0.1) is 37.6 Å². The Morgan fingerprint density at radius 3 is 1.84 bits per heavy atom. The molecule has 1 aliphatic rings. The van der Waals surface area contributed by atoms with Crippen LogP contribution >= 0.6 is 78.3 Å². The summed E-state index contributed by atoms with van der Waals surface area (Å²) < 4.78 is 65.3. The van der Waals surface area contributed by atoms with Crippen molar-refractivity contribution in [2.24, 2.45) is 10.3 Å². The fourth-order valence-electron chi connectivity index (χ4n) is 4.24. The number of alkyl halides is 3. The lowest BCUT2D eigenvalue weighted by atomic mass is 9.89. The predicted molar refractivity (Wildman–Crippen MR) is 195 cm³/mol. The number of oxime groups is 2. The minimum Gasteiger partial charge on any atom is -0.411 e. The summed E-state index contributed by atoms with van der Waals surface area (Å²) in [7, 11) is 0. The summed E-state index contributed by atoms with van der Waals surface area (Å²) >= 11 is 29.3. The van der Waals surface area contributed by atoms with Crippen LogP contribution < -0.4 is 0 Å². The van der Waals surface area contributed by atoms with E-state index in [-0.39, 0.29) is 15.6 Å². The topological polar surface area (TPSA) is 54.2 Å². The van der Waals surface area contributed by atoms with E-state index in [1.54, 1.807) is 0 Å². The highest BCUT2D eigenvalue weighted by Crippen LogP contribution is 2.40. The Bertz CT molecular complexity index is 1890. The molecule has 4 aromatic carbocycles. The molecule has 4 nitrogen and oxygen atoms in total. The van der Waals surface area contributed by atoms with E-state index in [0.29, 0.717) is 12.0 Å². The second kappa shape index (κ2) is 17.0. The molecule has 0 radical (unpaired) electrons. The van der Waals surface area contributed by atoms with Crippen molar-refractivity contribution in [3.05, 3.63) is 141 Å². The van der Waals surface area contributed by atoms with Gasteiger partial charge in [-0.1, -0.05) is 107 Å². The number of allylic oxidation sites excluding steroid dienone is 1. The molecule has 1 N–H and O–H groups in total. The van der Waals surface area contributed by atoms with Crippen molar-refractivity contribution in [1.82, 2.24) is 0 Å². The van der Waals surface area contributed by atoms with E-state index < -0.39 is 39.0 Å². The highest BCUT2D eigenvalue weighted by molar-refractivity contribution is 9.10. The Morgan fingerprint density at radius 1 is 0.878 bits per heavy atom. The highest BCUT2D eigenvalue weighted by Gasteiger charge is 2.38. The third-order valence-electron chi connectivity index (χ3n) is 7.01. The van der Waals surface area contributed by atoms with Crippen LogP contribution in [-0.4, -0.2) is 23.3 Å². The normalized spacial score (nSPS) is 15.5. The summed E-state index contributed by atoms with van der Waals surface area (Å²) in [5.74, 6) is -1.57. The summed E-state index contributed by atoms with van der Waals surface area (Å²) in [4.78, 5) is 5.65. The molecule has 0 fully saturated rings. The van der Waals surface area contributed by atoms with E-state index in [1.165, 1.54) is 18.3 Å². The SMILES string of the molecule is C=C(c1cc(Cl)c(F)c(Cl)c1)C(F)(F)F.Cc1cc(/C=N/O)ccc1Br.Cc1cc(C2=NOC(C)(c3cc(Cl)c(F)c(Cl)c3)C2)ccc1Br. The molecule has 0 bridgehead atoms.